The van der Waals surface area contributed by atoms with Gasteiger partial charge in [-0.2, -0.15) is 0 Å². The molecule has 0 bridgehead atoms. The molecule has 26 heavy (non-hydrogen) atoms. The first-order chi connectivity index (χ1) is 12.3. The van der Waals surface area contributed by atoms with Gasteiger partial charge in [0.15, 0.2) is 0 Å². The number of carboxylic acid groups (broad SMARTS) is 1. The van der Waals surface area contributed by atoms with Crippen molar-refractivity contribution in [3.8, 4) is 5.75 Å². The summed E-state index contributed by atoms with van der Waals surface area (Å²) in [6, 6.07) is 7.13. The topological polar surface area (TPSA) is 90.4 Å². The number of carbonyl (C=O) groups excluding carboxylic acids is 2. The number of methoxy groups -OCH3 is 1. The van der Waals surface area contributed by atoms with Crippen LogP contribution in [0.2, 0.25) is 0 Å². The van der Waals surface area contributed by atoms with Crippen LogP contribution in [-0.4, -0.2) is 80.1 Å². The van der Waals surface area contributed by atoms with Crippen molar-refractivity contribution in [2.75, 3.05) is 52.3 Å². The van der Waals surface area contributed by atoms with Crippen LogP contribution in [0.15, 0.2) is 24.3 Å². The summed E-state index contributed by atoms with van der Waals surface area (Å²) < 4.78 is 5.29. The molecule has 1 atom stereocenters. The minimum atomic E-state index is -1.07. The van der Waals surface area contributed by atoms with Crippen LogP contribution in [0.3, 0.4) is 0 Å². The zero-order valence-corrected chi connectivity index (χ0v) is 15.3. The summed E-state index contributed by atoms with van der Waals surface area (Å²) in [4.78, 5) is 41.1. The second-order valence-electron chi connectivity index (χ2n) is 6.53. The number of nitrogens with zero attached hydrogens (tertiary/aromatic N) is 3. The third kappa shape index (κ3) is 4.72. The second kappa shape index (κ2) is 8.66. The Bertz CT molecular complexity index is 677. The van der Waals surface area contributed by atoms with Crippen LogP contribution in [0, 0.1) is 5.92 Å². The van der Waals surface area contributed by atoms with Crippen molar-refractivity contribution in [2.24, 2.45) is 5.92 Å². The van der Waals surface area contributed by atoms with E-state index in [2.05, 4.69) is 0 Å². The zero-order valence-electron chi connectivity index (χ0n) is 15.3. The molecule has 8 nitrogen and oxygen atoms in total. The average Bonchev–Trinajstić information content (AvgIpc) is 2.99. The highest BCUT2D eigenvalue weighted by molar-refractivity contribution is 6.01. The first kappa shape index (κ1) is 19.7. The van der Waals surface area contributed by atoms with Gasteiger partial charge in [-0.1, -0.05) is 12.1 Å². The van der Waals surface area contributed by atoms with Gasteiger partial charge < -0.3 is 24.5 Å². The first-order valence-corrected chi connectivity index (χ1v) is 8.42. The fraction of sp³-hybridized carbons (Fsp3) is 0.500. The van der Waals surface area contributed by atoms with Crippen LogP contribution < -0.4 is 9.64 Å². The van der Waals surface area contributed by atoms with Gasteiger partial charge in [0.05, 0.1) is 18.7 Å². The number of hydrogen-bond acceptors (Lipinski definition) is 5. The van der Waals surface area contributed by atoms with Gasteiger partial charge in [-0.15, -0.1) is 0 Å². The number of ether oxygens (including phenoxy) is 1. The van der Waals surface area contributed by atoms with Crippen molar-refractivity contribution in [1.29, 1.82) is 0 Å². The zero-order chi connectivity index (χ0) is 19.3. The fourth-order valence-electron chi connectivity index (χ4n) is 2.97. The first-order valence-electron chi connectivity index (χ1n) is 8.42. The minimum absolute atomic E-state index is 0.0644. The molecule has 0 unspecified atom stereocenters. The van der Waals surface area contributed by atoms with Crippen molar-refractivity contribution in [3.05, 3.63) is 24.3 Å². The van der Waals surface area contributed by atoms with E-state index < -0.39 is 11.9 Å². The molecule has 0 spiro atoms. The maximum atomic E-state index is 12.8. The van der Waals surface area contributed by atoms with Gasteiger partial charge in [-0.3, -0.25) is 14.4 Å². The van der Waals surface area contributed by atoms with Crippen LogP contribution in [0.25, 0.3) is 0 Å². The number of benzene rings is 1. The highest BCUT2D eigenvalue weighted by Crippen LogP contribution is 2.33. The molecule has 0 saturated carbocycles. The summed E-state index contributed by atoms with van der Waals surface area (Å²) in [6.07, 6.45) is 0.0644. The fourth-order valence-corrected chi connectivity index (χ4v) is 2.97. The van der Waals surface area contributed by atoms with Gasteiger partial charge in [0.1, 0.15) is 12.3 Å². The molecule has 0 radical (unpaired) electrons. The highest BCUT2D eigenvalue weighted by Gasteiger charge is 2.38. The van der Waals surface area contributed by atoms with Crippen molar-refractivity contribution in [2.45, 2.75) is 6.42 Å². The molecule has 1 aliphatic rings. The van der Waals surface area contributed by atoms with E-state index in [0.29, 0.717) is 24.5 Å². The molecule has 1 aliphatic heterocycles. The monoisotopic (exact) mass is 363 g/mol. The molecular formula is C18H25N3O5. The molecule has 1 fully saturated rings. The summed E-state index contributed by atoms with van der Waals surface area (Å²) in [6.45, 7) is 0.704. The van der Waals surface area contributed by atoms with Gasteiger partial charge in [0, 0.05) is 26.1 Å². The predicted molar refractivity (Wildman–Crippen MR) is 96.2 cm³/mol. The van der Waals surface area contributed by atoms with Crippen molar-refractivity contribution >= 4 is 23.5 Å². The SMILES string of the molecule is COc1ccccc1N1C[C@H](C(=O)N(CCN(C)C)CC(=O)O)CC1=O. The summed E-state index contributed by atoms with van der Waals surface area (Å²) >= 11 is 0. The lowest BCUT2D eigenvalue weighted by molar-refractivity contribution is -0.146. The Hall–Kier alpha value is -2.61. The Balaban J connectivity index is 2.14. The molecule has 2 amide bonds. The standard InChI is InChI=1S/C18H25N3O5/c1-19(2)8-9-20(12-17(23)24)18(25)13-10-16(22)21(11-13)14-6-4-5-7-15(14)26-3/h4-7,13H,8-12H2,1-3H3,(H,23,24)/t13-/m1/s1. The van der Waals surface area contributed by atoms with Crippen molar-refractivity contribution in [3.63, 3.8) is 0 Å². The van der Waals surface area contributed by atoms with Crippen LogP contribution in [0.4, 0.5) is 5.69 Å². The number of rotatable bonds is 8. The quantitative estimate of drug-likeness (QED) is 0.724. The number of carboxylic acids is 1. The van der Waals surface area contributed by atoms with E-state index in [-0.39, 0.29) is 31.3 Å². The average molecular weight is 363 g/mol. The third-order valence-electron chi connectivity index (χ3n) is 4.31. The number of anilines is 1. The van der Waals surface area contributed by atoms with E-state index in [9.17, 15) is 14.4 Å². The predicted octanol–water partition coefficient (Wildman–Crippen LogP) is 0.523. The number of para-hydroxylation sites is 2. The summed E-state index contributed by atoms with van der Waals surface area (Å²) in [5.41, 5.74) is 0.619. The Morgan fingerprint density at radius 1 is 1.27 bits per heavy atom. The minimum Gasteiger partial charge on any atom is -0.495 e. The van der Waals surface area contributed by atoms with Gasteiger partial charge >= 0.3 is 5.97 Å². The maximum Gasteiger partial charge on any atom is 0.323 e. The molecule has 0 aliphatic carbocycles. The van der Waals surface area contributed by atoms with Crippen LogP contribution in [0.5, 0.6) is 5.75 Å². The lowest BCUT2D eigenvalue weighted by Gasteiger charge is -2.25. The normalized spacial score (nSPS) is 16.8. The summed E-state index contributed by atoms with van der Waals surface area (Å²) in [5, 5.41) is 9.09. The van der Waals surface area contributed by atoms with Gasteiger partial charge in [-0.25, -0.2) is 0 Å². The Labute approximate surface area is 152 Å². The van der Waals surface area contributed by atoms with E-state index in [4.69, 9.17) is 9.84 Å². The molecule has 2 rings (SSSR count). The molecule has 142 valence electrons. The van der Waals surface area contributed by atoms with E-state index in [0.717, 1.165) is 0 Å². The lowest BCUT2D eigenvalue weighted by atomic mass is 10.1. The largest absolute Gasteiger partial charge is 0.495 e. The molecule has 8 heteroatoms. The van der Waals surface area contributed by atoms with E-state index in [1.54, 1.807) is 24.3 Å². The van der Waals surface area contributed by atoms with Crippen LogP contribution >= 0.6 is 0 Å². The number of aliphatic carboxylic acids is 1. The third-order valence-corrected chi connectivity index (χ3v) is 4.31. The summed E-state index contributed by atoms with van der Waals surface area (Å²) in [7, 11) is 5.23. The molecule has 1 heterocycles. The lowest BCUT2D eigenvalue weighted by Crippen LogP contribution is -2.43. The Morgan fingerprint density at radius 2 is 1.96 bits per heavy atom. The smallest absolute Gasteiger partial charge is 0.323 e. The molecule has 1 saturated heterocycles. The maximum absolute atomic E-state index is 12.8. The van der Waals surface area contributed by atoms with E-state index >= 15 is 0 Å². The molecule has 1 N–H and O–H groups in total. The van der Waals surface area contributed by atoms with E-state index in [1.165, 1.54) is 16.9 Å². The van der Waals surface area contributed by atoms with Crippen LogP contribution in [-0.2, 0) is 14.4 Å². The van der Waals surface area contributed by atoms with E-state index in [1.807, 2.05) is 19.0 Å². The Morgan fingerprint density at radius 3 is 2.58 bits per heavy atom. The molecular weight excluding hydrogens is 338 g/mol. The van der Waals surface area contributed by atoms with Crippen molar-refractivity contribution in [1.82, 2.24) is 9.80 Å². The van der Waals surface area contributed by atoms with Gasteiger partial charge in [0.25, 0.3) is 0 Å². The van der Waals surface area contributed by atoms with Crippen molar-refractivity contribution < 1.29 is 24.2 Å². The van der Waals surface area contributed by atoms with Gasteiger partial charge in [0.2, 0.25) is 11.8 Å². The number of likely N-dealkylation sites (N-methyl/N-ethyl adjacent to an activating group) is 1. The molecule has 1 aromatic rings. The van der Waals surface area contributed by atoms with Crippen LogP contribution in [0.1, 0.15) is 6.42 Å². The highest BCUT2D eigenvalue weighted by atomic mass is 16.5. The second-order valence-corrected chi connectivity index (χ2v) is 6.53. The molecule has 0 aromatic heterocycles. The number of carbonyl (C=O) groups is 3. The van der Waals surface area contributed by atoms with Gasteiger partial charge in [-0.05, 0) is 26.2 Å². The molecule has 1 aromatic carbocycles. The number of amides is 2. The number of hydrogen-bond donors (Lipinski definition) is 1. The summed E-state index contributed by atoms with van der Waals surface area (Å²) in [5.74, 6) is -1.54. The Kier molecular flexibility index (Phi) is 6.57.